The quantitative estimate of drug-likeness (QED) is 0.679. The van der Waals surface area contributed by atoms with E-state index in [4.69, 9.17) is 4.98 Å². The first kappa shape index (κ1) is 15.2. The number of nitro groups is 1. The average molecular weight is 287 g/mol. The van der Waals surface area contributed by atoms with Gasteiger partial charge in [0.1, 0.15) is 5.82 Å². The molecule has 0 unspecified atom stereocenters. The minimum atomic E-state index is -0.360. The zero-order valence-corrected chi connectivity index (χ0v) is 13.2. The SMILES string of the molecule is CCNc1nc2c(C)cc([N+](=O)[O-])cc2cc1C(C)(C)C. The van der Waals surface area contributed by atoms with Crippen LogP contribution in [0.3, 0.4) is 0 Å². The number of fused-ring (bicyclic) bond motifs is 1. The van der Waals surface area contributed by atoms with E-state index in [1.165, 1.54) is 0 Å². The average Bonchev–Trinajstić information content (AvgIpc) is 2.37. The number of pyridine rings is 1. The Morgan fingerprint density at radius 1 is 1.29 bits per heavy atom. The predicted molar refractivity (Wildman–Crippen MR) is 86.0 cm³/mol. The third kappa shape index (κ3) is 2.96. The summed E-state index contributed by atoms with van der Waals surface area (Å²) in [6, 6.07) is 5.18. The van der Waals surface area contributed by atoms with Gasteiger partial charge in [-0.15, -0.1) is 0 Å². The fourth-order valence-electron chi connectivity index (χ4n) is 2.43. The largest absolute Gasteiger partial charge is 0.370 e. The van der Waals surface area contributed by atoms with Crippen molar-refractivity contribution < 1.29 is 4.92 Å². The minimum absolute atomic E-state index is 0.0861. The van der Waals surface area contributed by atoms with Gasteiger partial charge in [0.05, 0.1) is 10.4 Å². The molecule has 0 aliphatic heterocycles. The molecule has 21 heavy (non-hydrogen) atoms. The molecular weight excluding hydrogens is 266 g/mol. The van der Waals surface area contributed by atoms with Crippen LogP contribution in [-0.2, 0) is 5.41 Å². The van der Waals surface area contributed by atoms with Crippen molar-refractivity contribution in [2.45, 2.75) is 40.0 Å². The lowest BCUT2D eigenvalue weighted by Crippen LogP contribution is -2.16. The monoisotopic (exact) mass is 287 g/mol. The van der Waals surface area contributed by atoms with Crippen molar-refractivity contribution in [2.24, 2.45) is 0 Å². The van der Waals surface area contributed by atoms with Crippen molar-refractivity contribution in [1.82, 2.24) is 4.98 Å². The van der Waals surface area contributed by atoms with Crippen LogP contribution in [0, 0.1) is 17.0 Å². The summed E-state index contributed by atoms with van der Waals surface area (Å²) in [4.78, 5) is 15.4. The summed E-state index contributed by atoms with van der Waals surface area (Å²) >= 11 is 0. The van der Waals surface area contributed by atoms with E-state index in [0.29, 0.717) is 0 Å². The molecule has 1 N–H and O–H groups in total. The lowest BCUT2D eigenvalue weighted by molar-refractivity contribution is -0.384. The summed E-state index contributed by atoms with van der Waals surface area (Å²) in [6.45, 7) is 11.0. The molecule has 0 saturated carbocycles. The van der Waals surface area contributed by atoms with E-state index in [1.54, 1.807) is 12.1 Å². The highest BCUT2D eigenvalue weighted by Crippen LogP contribution is 2.33. The second kappa shape index (κ2) is 5.31. The number of benzene rings is 1. The van der Waals surface area contributed by atoms with Crippen LogP contribution >= 0.6 is 0 Å². The van der Waals surface area contributed by atoms with Gasteiger partial charge >= 0.3 is 0 Å². The summed E-state index contributed by atoms with van der Waals surface area (Å²) in [5, 5.41) is 15.1. The van der Waals surface area contributed by atoms with Gasteiger partial charge in [-0.05, 0) is 30.9 Å². The van der Waals surface area contributed by atoms with Crippen LogP contribution < -0.4 is 5.32 Å². The van der Waals surface area contributed by atoms with Crippen molar-refractivity contribution in [1.29, 1.82) is 0 Å². The van der Waals surface area contributed by atoms with E-state index in [1.807, 2.05) is 19.9 Å². The highest BCUT2D eigenvalue weighted by molar-refractivity contribution is 5.87. The number of aryl methyl sites for hydroxylation is 1. The molecule has 0 amide bonds. The molecule has 5 heteroatoms. The zero-order valence-electron chi connectivity index (χ0n) is 13.2. The third-order valence-corrected chi connectivity index (χ3v) is 3.46. The van der Waals surface area contributed by atoms with Gasteiger partial charge in [-0.25, -0.2) is 4.98 Å². The molecule has 112 valence electrons. The molecule has 0 bridgehead atoms. The molecule has 1 heterocycles. The highest BCUT2D eigenvalue weighted by Gasteiger charge is 2.21. The first-order valence-electron chi connectivity index (χ1n) is 7.08. The maximum Gasteiger partial charge on any atom is 0.270 e. The van der Waals surface area contributed by atoms with Gasteiger partial charge in [0.25, 0.3) is 5.69 Å². The maximum absolute atomic E-state index is 11.0. The number of aromatic nitrogens is 1. The van der Waals surface area contributed by atoms with Crippen LogP contribution in [0.4, 0.5) is 11.5 Å². The first-order chi connectivity index (χ1) is 9.74. The summed E-state index contributed by atoms with van der Waals surface area (Å²) in [5.74, 6) is 0.856. The summed E-state index contributed by atoms with van der Waals surface area (Å²) in [7, 11) is 0. The number of nitrogens with one attached hydrogen (secondary N) is 1. The highest BCUT2D eigenvalue weighted by atomic mass is 16.6. The third-order valence-electron chi connectivity index (χ3n) is 3.46. The molecule has 0 atom stereocenters. The van der Waals surface area contributed by atoms with Gasteiger partial charge in [0.15, 0.2) is 0 Å². The number of hydrogen-bond donors (Lipinski definition) is 1. The van der Waals surface area contributed by atoms with Crippen molar-refractivity contribution in [3.63, 3.8) is 0 Å². The molecule has 0 fully saturated rings. The summed E-state index contributed by atoms with van der Waals surface area (Å²) in [6.07, 6.45) is 0. The smallest absolute Gasteiger partial charge is 0.270 e. The summed E-state index contributed by atoms with van der Waals surface area (Å²) in [5.41, 5.74) is 2.72. The number of hydrogen-bond acceptors (Lipinski definition) is 4. The number of nitro benzene ring substituents is 1. The molecular formula is C16H21N3O2. The lowest BCUT2D eigenvalue weighted by Gasteiger charge is -2.23. The molecule has 0 saturated heterocycles. The Morgan fingerprint density at radius 3 is 2.48 bits per heavy atom. The Labute approximate surface area is 124 Å². The van der Waals surface area contributed by atoms with Gasteiger partial charge in [0, 0.05) is 29.6 Å². The number of anilines is 1. The molecule has 5 nitrogen and oxygen atoms in total. The fraction of sp³-hybridized carbons (Fsp3) is 0.438. The van der Waals surface area contributed by atoms with Gasteiger partial charge in [-0.3, -0.25) is 10.1 Å². The van der Waals surface area contributed by atoms with Gasteiger partial charge in [0.2, 0.25) is 0 Å². The van der Waals surface area contributed by atoms with Crippen molar-refractivity contribution in [2.75, 3.05) is 11.9 Å². The van der Waals surface area contributed by atoms with E-state index in [2.05, 4.69) is 26.1 Å². The molecule has 0 radical (unpaired) electrons. The molecule has 0 spiro atoms. The van der Waals surface area contributed by atoms with E-state index < -0.39 is 0 Å². The van der Waals surface area contributed by atoms with E-state index in [9.17, 15) is 10.1 Å². The zero-order chi connectivity index (χ0) is 15.8. The Bertz CT molecular complexity index is 703. The van der Waals surface area contributed by atoms with E-state index >= 15 is 0 Å². The molecule has 0 aliphatic carbocycles. The Hall–Kier alpha value is -2.17. The van der Waals surface area contributed by atoms with Crippen LogP contribution in [0.1, 0.15) is 38.8 Å². The van der Waals surface area contributed by atoms with E-state index in [0.717, 1.165) is 34.4 Å². The number of rotatable bonds is 3. The second-order valence-electron chi connectivity index (χ2n) is 6.26. The number of nitrogens with zero attached hydrogens (tertiary/aromatic N) is 2. The molecule has 2 rings (SSSR count). The topological polar surface area (TPSA) is 68.1 Å². The van der Waals surface area contributed by atoms with Crippen LogP contribution in [0.15, 0.2) is 18.2 Å². The predicted octanol–water partition coefficient (Wildman–Crippen LogP) is 4.18. The minimum Gasteiger partial charge on any atom is -0.370 e. The fourth-order valence-corrected chi connectivity index (χ4v) is 2.43. The first-order valence-corrected chi connectivity index (χ1v) is 7.08. The van der Waals surface area contributed by atoms with Crippen LogP contribution in [-0.4, -0.2) is 16.5 Å². The van der Waals surface area contributed by atoms with Gasteiger partial charge in [-0.1, -0.05) is 20.8 Å². The van der Waals surface area contributed by atoms with Crippen molar-refractivity contribution >= 4 is 22.4 Å². The Kier molecular flexibility index (Phi) is 3.85. The normalized spacial score (nSPS) is 11.7. The van der Waals surface area contributed by atoms with Crippen LogP contribution in [0.5, 0.6) is 0 Å². The summed E-state index contributed by atoms with van der Waals surface area (Å²) < 4.78 is 0. The standard InChI is InChI=1S/C16H21N3O2/c1-6-17-15-13(16(3,4)5)9-11-8-12(19(20)21)7-10(2)14(11)18-15/h7-9H,6H2,1-5H3,(H,17,18). The van der Waals surface area contributed by atoms with Gasteiger partial charge in [-0.2, -0.15) is 0 Å². The second-order valence-corrected chi connectivity index (χ2v) is 6.26. The molecule has 1 aromatic heterocycles. The lowest BCUT2D eigenvalue weighted by atomic mass is 9.86. The molecule has 2 aromatic rings. The van der Waals surface area contributed by atoms with Crippen molar-refractivity contribution in [3.05, 3.63) is 39.4 Å². The molecule has 0 aliphatic rings. The van der Waals surface area contributed by atoms with Crippen LogP contribution in [0.25, 0.3) is 10.9 Å². The Balaban J connectivity index is 2.78. The molecule has 1 aromatic carbocycles. The Morgan fingerprint density at radius 2 is 1.95 bits per heavy atom. The number of non-ortho nitro benzene ring substituents is 1. The van der Waals surface area contributed by atoms with E-state index in [-0.39, 0.29) is 16.0 Å². The van der Waals surface area contributed by atoms with Crippen molar-refractivity contribution in [3.8, 4) is 0 Å². The van der Waals surface area contributed by atoms with Crippen LogP contribution in [0.2, 0.25) is 0 Å². The maximum atomic E-state index is 11.0. The van der Waals surface area contributed by atoms with Gasteiger partial charge < -0.3 is 5.32 Å².